The molecule has 132 valence electrons. The van der Waals surface area contributed by atoms with E-state index in [0.29, 0.717) is 0 Å². The summed E-state index contributed by atoms with van der Waals surface area (Å²) in [6, 6.07) is 2.99. The summed E-state index contributed by atoms with van der Waals surface area (Å²) in [7, 11) is 2.20. The van der Waals surface area contributed by atoms with Crippen LogP contribution in [0.1, 0.15) is 10.4 Å². The second-order valence-electron chi connectivity index (χ2n) is 4.12. The third-order valence-electron chi connectivity index (χ3n) is 2.38. The maximum absolute atomic E-state index is 13.8. The average molecular weight is 352 g/mol. The van der Waals surface area contributed by atoms with Crippen molar-refractivity contribution in [3.63, 3.8) is 0 Å². The molecule has 0 saturated heterocycles. The van der Waals surface area contributed by atoms with Crippen LogP contribution < -0.4 is 4.74 Å². The summed E-state index contributed by atoms with van der Waals surface area (Å²) in [6.45, 7) is -1.91. The fourth-order valence-corrected chi connectivity index (χ4v) is 1.45. The molecule has 0 aromatic heterocycles. The molecule has 6 nitrogen and oxygen atoms in total. The van der Waals surface area contributed by atoms with Crippen molar-refractivity contribution in [2.24, 2.45) is 0 Å². The zero-order valence-corrected chi connectivity index (χ0v) is 12.5. The first-order valence-corrected chi connectivity index (χ1v) is 6.21. The van der Waals surface area contributed by atoms with Gasteiger partial charge >= 0.3 is 18.1 Å². The zero-order chi connectivity index (χ0) is 18.3. The first-order valence-electron chi connectivity index (χ1n) is 6.21. The maximum atomic E-state index is 13.8. The van der Waals surface area contributed by atoms with E-state index in [9.17, 15) is 27.2 Å². The Labute approximate surface area is 133 Å². The van der Waals surface area contributed by atoms with E-state index in [1.54, 1.807) is 0 Å². The number of carbonyl (C=O) groups excluding carboxylic acids is 2. The van der Waals surface area contributed by atoms with Gasteiger partial charge in [-0.3, -0.25) is 0 Å². The van der Waals surface area contributed by atoms with Gasteiger partial charge in [0, 0.05) is 0 Å². The van der Waals surface area contributed by atoms with Crippen LogP contribution in [0.2, 0.25) is 0 Å². The summed E-state index contributed by atoms with van der Waals surface area (Å²) >= 11 is 0. The van der Waals surface area contributed by atoms with E-state index in [1.807, 2.05) is 0 Å². The number of hydrogen-bond acceptors (Lipinski definition) is 6. The summed E-state index contributed by atoms with van der Waals surface area (Å²) in [4.78, 5) is 23.2. The standard InChI is InChI=1S/C14H12F4O6/c1-21-6-10(12(19)22-2)24-9-5-3-4-8(15)11(9)13(20)23-7-14(16,17)18/h3-6H,7H2,1-2H3. The lowest BCUT2D eigenvalue weighted by molar-refractivity contribution is -0.161. The number of methoxy groups -OCH3 is 2. The van der Waals surface area contributed by atoms with Crippen LogP contribution >= 0.6 is 0 Å². The van der Waals surface area contributed by atoms with Crippen LogP contribution in [0.15, 0.2) is 30.2 Å². The molecule has 0 aliphatic carbocycles. The molecule has 0 spiro atoms. The first-order chi connectivity index (χ1) is 11.2. The van der Waals surface area contributed by atoms with Gasteiger partial charge in [-0.05, 0) is 12.1 Å². The molecule has 0 amide bonds. The van der Waals surface area contributed by atoms with Crippen molar-refractivity contribution in [2.75, 3.05) is 20.8 Å². The minimum absolute atomic E-state index is 0.545. The van der Waals surface area contributed by atoms with Gasteiger partial charge in [0.1, 0.15) is 23.4 Å². The number of benzene rings is 1. The molecule has 0 heterocycles. The Balaban J connectivity index is 3.12. The van der Waals surface area contributed by atoms with E-state index in [-0.39, 0.29) is 0 Å². The topological polar surface area (TPSA) is 71.1 Å². The Morgan fingerprint density at radius 2 is 1.88 bits per heavy atom. The predicted octanol–water partition coefficient (Wildman–Crippen LogP) is 2.58. The SMILES string of the molecule is COC=C(Oc1cccc(F)c1C(=O)OCC(F)(F)F)C(=O)OC. The number of alkyl halides is 3. The second kappa shape index (κ2) is 8.18. The van der Waals surface area contributed by atoms with Gasteiger partial charge in [-0.25, -0.2) is 14.0 Å². The number of rotatable bonds is 6. The van der Waals surface area contributed by atoms with E-state index in [1.165, 1.54) is 7.11 Å². The van der Waals surface area contributed by atoms with Crippen LogP contribution in [-0.2, 0) is 19.0 Å². The van der Waals surface area contributed by atoms with Gasteiger partial charge in [0.2, 0.25) is 5.76 Å². The summed E-state index contributed by atoms with van der Waals surface area (Å²) in [6.07, 6.45) is -3.98. The van der Waals surface area contributed by atoms with Crippen molar-refractivity contribution in [1.82, 2.24) is 0 Å². The zero-order valence-electron chi connectivity index (χ0n) is 12.5. The fourth-order valence-electron chi connectivity index (χ4n) is 1.45. The van der Waals surface area contributed by atoms with Gasteiger partial charge in [-0.1, -0.05) is 6.07 Å². The summed E-state index contributed by atoms with van der Waals surface area (Å²) in [5.74, 6) is -4.93. The molecule has 24 heavy (non-hydrogen) atoms. The predicted molar refractivity (Wildman–Crippen MR) is 70.5 cm³/mol. The number of esters is 2. The molecule has 1 rings (SSSR count). The highest BCUT2D eigenvalue weighted by atomic mass is 19.4. The minimum Gasteiger partial charge on any atom is -0.500 e. The smallest absolute Gasteiger partial charge is 0.422 e. The monoisotopic (exact) mass is 352 g/mol. The molecule has 0 atom stereocenters. The Morgan fingerprint density at radius 1 is 1.21 bits per heavy atom. The second-order valence-corrected chi connectivity index (χ2v) is 4.12. The number of ether oxygens (including phenoxy) is 4. The number of carbonyl (C=O) groups is 2. The highest BCUT2D eigenvalue weighted by molar-refractivity contribution is 5.93. The van der Waals surface area contributed by atoms with Crippen LogP contribution in [0.5, 0.6) is 5.75 Å². The summed E-state index contributed by atoms with van der Waals surface area (Å²) in [5, 5.41) is 0. The van der Waals surface area contributed by atoms with Gasteiger partial charge in [-0.2, -0.15) is 13.2 Å². The average Bonchev–Trinajstić information content (AvgIpc) is 2.51. The van der Waals surface area contributed by atoms with E-state index in [4.69, 9.17) is 4.74 Å². The third-order valence-corrected chi connectivity index (χ3v) is 2.38. The Bertz CT molecular complexity index is 639. The molecule has 0 saturated carbocycles. The molecule has 0 bridgehead atoms. The Hall–Kier alpha value is -2.78. The Morgan fingerprint density at radius 3 is 2.42 bits per heavy atom. The largest absolute Gasteiger partial charge is 0.500 e. The molecule has 10 heteroatoms. The lowest BCUT2D eigenvalue weighted by Gasteiger charge is -2.13. The van der Waals surface area contributed by atoms with Crippen LogP contribution in [-0.4, -0.2) is 38.9 Å². The molecule has 0 N–H and O–H groups in total. The maximum Gasteiger partial charge on any atom is 0.422 e. The van der Waals surface area contributed by atoms with E-state index < -0.39 is 47.6 Å². The van der Waals surface area contributed by atoms with Crippen molar-refractivity contribution in [1.29, 1.82) is 0 Å². The Kier molecular flexibility index (Phi) is 6.57. The van der Waals surface area contributed by atoms with E-state index in [0.717, 1.165) is 31.6 Å². The molecular formula is C14H12F4O6. The molecule has 1 aromatic rings. The van der Waals surface area contributed by atoms with Crippen molar-refractivity contribution >= 4 is 11.9 Å². The molecular weight excluding hydrogens is 340 g/mol. The molecule has 0 aliphatic rings. The summed E-state index contributed by atoms with van der Waals surface area (Å²) < 4.78 is 68.1. The quantitative estimate of drug-likeness (QED) is 0.339. The lowest BCUT2D eigenvalue weighted by Crippen LogP contribution is -2.21. The normalized spacial score (nSPS) is 11.7. The highest BCUT2D eigenvalue weighted by Crippen LogP contribution is 2.26. The van der Waals surface area contributed by atoms with Crippen molar-refractivity contribution < 1.29 is 46.1 Å². The van der Waals surface area contributed by atoms with Gasteiger partial charge in [0.05, 0.1) is 14.2 Å². The molecule has 0 unspecified atom stereocenters. The highest BCUT2D eigenvalue weighted by Gasteiger charge is 2.31. The number of halogens is 4. The first kappa shape index (κ1) is 19.3. The fraction of sp³-hybridized carbons (Fsp3) is 0.286. The van der Waals surface area contributed by atoms with Crippen LogP contribution in [0.3, 0.4) is 0 Å². The summed E-state index contributed by atoms with van der Waals surface area (Å²) in [5.41, 5.74) is -0.910. The van der Waals surface area contributed by atoms with Crippen molar-refractivity contribution in [3.8, 4) is 5.75 Å². The third kappa shape index (κ3) is 5.45. The van der Waals surface area contributed by atoms with Crippen LogP contribution in [0, 0.1) is 5.82 Å². The number of hydrogen-bond donors (Lipinski definition) is 0. The van der Waals surface area contributed by atoms with Crippen LogP contribution in [0.4, 0.5) is 17.6 Å². The van der Waals surface area contributed by atoms with Crippen molar-refractivity contribution in [2.45, 2.75) is 6.18 Å². The van der Waals surface area contributed by atoms with E-state index in [2.05, 4.69) is 14.2 Å². The molecule has 0 aliphatic heterocycles. The van der Waals surface area contributed by atoms with Gasteiger partial charge in [0.15, 0.2) is 6.61 Å². The minimum atomic E-state index is -4.78. The van der Waals surface area contributed by atoms with Gasteiger partial charge in [0.25, 0.3) is 0 Å². The lowest BCUT2D eigenvalue weighted by atomic mass is 10.2. The molecule has 1 aromatic carbocycles. The van der Waals surface area contributed by atoms with E-state index >= 15 is 0 Å². The molecule has 0 fully saturated rings. The molecule has 0 radical (unpaired) electrons. The van der Waals surface area contributed by atoms with Crippen molar-refractivity contribution in [3.05, 3.63) is 41.6 Å². The van der Waals surface area contributed by atoms with Crippen LogP contribution in [0.25, 0.3) is 0 Å². The van der Waals surface area contributed by atoms with Gasteiger partial charge in [-0.15, -0.1) is 0 Å². The van der Waals surface area contributed by atoms with Gasteiger partial charge < -0.3 is 18.9 Å².